The summed E-state index contributed by atoms with van der Waals surface area (Å²) in [5, 5.41) is 3.27. The maximum absolute atomic E-state index is 12.4. The van der Waals surface area contributed by atoms with Crippen LogP contribution in [0.5, 0.6) is 0 Å². The zero-order valence-electron chi connectivity index (χ0n) is 13.7. The van der Waals surface area contributed by atoms with Crippen molar-refractivity contribution in [1.82, 2.24) is 9.88 Å². The number of aromatic nitrogens is 1. The van der Waals surface area contributed by atoms with Crippen molar-refractivity contribution in [3.8, 4) is 0 Å². The maximum Gasteiger partial charge on any atom is 0.419 e. The van der Waals surface area contributed by atoms with E-state index in [0.29, 0.717) is 5.52 Å². The van der Waals surface area contributed by atoms with Gasteiger partial charge in [-0.3, -0.25) is 4.57 Å². The second-order valence-electron chi connectivity index (χ2n) is 6.63. The third-order valence-corrected chi connectivity index (χ3v) is 3.58. The molecule has 1 saturated heterocycles. The SMILES string of the molecule is CC(C)(C)OC(=O)n1cc(CC2NC(=O)OC2=O)c2ccccc21. The molecule has 1 aromatic heterocycles. The van der Waals surface area contributed by atoms with E-state index in [9.17, 15) is 14.4 Å². The number of para-hydroxylation sites is 1. The summed E-state index contributed by atoms with van der Waals surface area (Å²) >= 11 is 0. The Kier molecular flexibility index (Phi) is 3.79. The Hall–Kier alpha value is -2.83. The Morgan fingerprint density at radius 2 is 2.00 bits per heavy atom. The Labute approximate surface area is 138 Å². The average Bonchev–Trinajstić information content (AvgIpc) is 2.99. The molecule has 1 unspecified atom stereocenters. The fraction of sp³-hybridized carbons (Fsp3) is 0.353. The van der Waals surface area contributed by atoms with E-state index in [4.69, 9.17) is 4.74 Å². The van der Waals surface area contributed by atoms with Crippen molar-refractivity contribution in [1.29, 1.82) is 0 Å². The normalized spacial score (nSPS) is 17.7. The van der Waals surface area contributed by atoms with Crippen LogP contribution in [0.2, 0.25) is 0 Å². The summed E-state index contributed by atoms with van der Waals surface area (Å²) in [5.74, 6) is -0.617. The summed E-state index contributed by atoms with van der Waals surface area (Å²) in [6.07, 6.45) is 0.626. The Morgan fingerprint density at radius 1 is 1.29 bits per heavy atom. The van der Waals surface area contributed by atoms with Gasteiger partial charge in [-0.15, -0.1) is 0 Å². The van der Waals surface area contributed by atoms with Crippen LogP contribution in [0.15, 0.2) is 30.5 Å². The number of nitrogens with one attached hydrogen (secondary N) is 1. The summed E-state index contributed by atoms with van der Waals surface area (Å²) in [4.78, 5) is 35.2. The van der Waals surface area contributed by atoms with Crippen LogP contribution in [-0.2, 0) is 20.7 Å². The van der Waals surface area contributed by atoms with Gasteiger partial charge in [-0.2, -0.15) is 0 Å². The molecular weight excluding hydrogens is 312 g/mol. The molecule has 1 N–H and O–H groups in total. The number of carbonyl (C=O) groups is 3. The van der Waals surface area contributed by atoms with Crippen molar-refractivity contribution in [3.63, 3.8) is 0 Å². The molecule has 0 bridgehead atoms. The van der Waals surface area contributed by atoms with Crippen LogP contribution in [0, 0.1) is 0 Å². The molecule has 7 nitrogen and oxygen atoms in total. The summed E-state index contributed by atoms with van der Waals surface area (Å²) in [6, 6.07) is 6.56. The van der Waals surface area contributed by atoms with E-state index < -0.39 is 29.8 Å². The molecular formula is C17H18N2O5. The highest BCUT2D eigenvalue weighted by molar-refractivity contribution is 5.97. The predicted octanol–water partition coefficient (Wildman–Crippen LogP) is 2.60. The molecule has 126 valence electrons. The molecule has 3 rings (SSSR count). The van der Waals surface area contributed by atoms with E-state index in [1.54, 1.807) is 33.0 Å². The molecule has 1 aromatic carbocycles. The Bertz CT molecular complexity index is 831. The number of benzene rings is 1. The summed E-state index contributed by atoms with van der Waals surface area (Å²) in [6.45, 7) is 5.38. The first-order valence-electron chi connectivity index (χ1n) is 7.59. The molecule has 1 atom stereocenters. The van der Waals surface area contributed by atoms with Crippen LogP contribution in [0.4, 0.5) is 9.59 Å². The van der Waals surface area contributed by atoms with E-state index in [2.05, 4.69) is 10.1 Å². The van der Waals surface area contributed by atoms with Crippen LogP contribution >= 0.6 is 0 Å². The second kappa shape index (κ2) is 5.67. The van der Waals surface area contributed by atoms with E-state index in [1.807, 2.05) is 18.2 Å². The minimum atomic E-state index is -0.754. The quantitative estimate of drug-likeness (QED) is 0.675. The number of hydrogen-bond acceptors (Lipinski definition) is 5. The number of carbonyl (C=O) groups excluding carboxylic acids is 3. The van der Waals surface area contributed by atoms with E-state index >= 15 is 0 Å². The number of amides is 1. The molecule has 1 aliphatic rings. The molecule has 2 aromatic rings. The monoisotopic (exact) mass is 330 g/mol. The van der Waals surface area contributed by atoms with Gasteiger partial charge in [-0.05, 0) is 32.4 Å². The van der Waals surface area contributed by atoms with Crippen LogP contribution < -0.4 is 5.32 Å². The number of nitrogens with zero attached hydrogens (tertiary/aromatic N) is 1. The van der Waals surface area contributed by atoms with E-state index in [0.717, 1.165) is 10.9 Å². The smallest absolute Gasteiger partial charge is 0.419 e. The third-order valence-electron chi connectivity index (χ3n) is 3.58. The molecule has 0 aliphatic carbocycles. The van der Waals surface area contributed by atoms with E-state index in [1.165, 1.54) is 4.57 Å². The van der Waals surface area contributed by atoms with Gasteiger partial charge in [0.1, 0.15) is 11.6 Å². The lowest BCUT2D eigenvalue weighted by atomic mass is 10.1. The first-order valence-corrected chi connectivity index (χ1v) is 7.59. The first-order chi connectivity index (χ1) is 11.2. The molecule has 2 heterocycles. The number of hydrogen-bond donors (Lipinski definition) is 1. The lowest BCUT2D eigenvalue weighted by Crippen LogP contribution is -2.30. The number of alkyl carbamates (subject to hydrolysis) is 1. The van der Waals surface area contributed by atoms with Crippen molar-refractivity contribution < 1.29 is 23.9 Å². The zero-order valence-corrected chi connectivity index (χ0v) is 13.7. The lowest BCUT2D eigenvalue weighted by Gasteiger charge is -2.19. The van der Waals surface area contributed by atoms with Gasteiger partial charge in [0.25, 0.3) is 0 Å². The molecule has 1 fully saturated rings. The highest BCUT2D eigenvalue weighted by Crippen LogP contribution is 2.24. The van der Waals surface area contributed by atoms with Crippen LogP contribution in [-0.4, -0.2) is 34.4 Å². The van der Waals surface area contributed by atoms with Gasteiger partial charge in [-0.25, -0.2) is 14.4 Å². The number of cyclic esters (lactones) is 2. The summed E-state index contributed by atoms with van der Waals surface area (Å²) in [5.41, 5.74) is 0.811. The standard InChI is InChI=1S/C17H18N2O5/c1-17(2,3)24-16(22)19-9-10(11-6-4-5-7-13(11)19)8-12-14(20)23-15(21)18-12/h4-7,9,12H,8H2,1-3H3,(H,18,21). The summed E-state index contributed by atoms with van der Waals surface area (Å²) in [7, 11) is 0. The van der Waals surface area contributed by atoms with Gasteiger partial charge in [-0.1, -0.05) is 18.2 Å². The third kappa shape index (κ3) is 3.10. The van der Waals surface area contributed by atoms with Gasteiger partial charge in [0, 0.05) is 18.0 Å². The van der Waals surface area contributed by atoms with Gasteiger partial charge in [0.2, 0.25) is 0 Å². The predicted molar refractivity (Wildman–Crippen MR) is 85.7 cm³/mol. The Morgan fingerprint density at radius 3 is 2.62 bits per heavy atom. The second-order valence-corrected chi connectivity index (χ2v) is 6.63. The number of rotatable bonds is 2. The molecule has 0 spiro atoms. The number of fused-ring (bicyclic) bond motifs is 1. The average molecular weight is 330 g/mol. The molecule has 0 saturated carbocycles. The topological polar surface area (TPSA) is 86.6 Å². The first kappa shape index (κ1) is 16.0. The lowest BCUT2D eigenvalue weighted by molar-refractivity contribution is -0.135. The number of ether oxygens (including phenoxy) is 2. The molecule has 1 aliphatic heterocycles. The molecule has 1 amide bonds. The van der Waals surface area contributed by atoms with Crippen molar-refractivity contribution >= 4 is 29.1 Å². The van der Waals surface area contributed by atoms with Crippen molar-refractivity contribution in [3.05, 3.63) is 36.0 Å². The molecule has 24 heavy (non-hydrogen) atoms. The van der Waals surface area contributed by atoms with Crippen molar-refractivity contribution in [2.24, 2.45) is 0 Å². The van der Waals surface area contributed by atoms with Crippen LogP contribution in [0.3, 0.4) is 0 Å². The fourth-order valence-electron chi connectivity index (χ4n) is 2.62. The Balaban J connectivity index is 1.96. The minimum Gasteiger partial charge on any atom is -0.443 e. The minimum absolute atomic E-state index is 0.237. The zero-order chi connectivity index (χ0) is 17.5. The number of esters is 1. The van der Waals surface area contributed by atoms with Crippen LogP contribution in [0.1, 0.15) is 26.3 Å². The molecule has 7 heteroatoms. The van der Waals surface area contributed by atoms with Gasteiger partial charge in [0.05, 0.1) is 5.52 Å². The molecule has 0 radical (unpaired) electrons. The summed E-state index contributed by atoms with van der Waals surface area (Å²) < 4.78 is 11.3. The van der Waals surface area contributed by atoms with Crippen molar-refractivity contribution in [2.75, 3.05) is 0 Å². The van der Waals surface area contributed by atoms with E-state index in [-0.39, 0.29) is 6.42 Å². The van der Waals surface area contributed by atoms with Crippen molar-refractivity contribution in [2.45, 2.75) is 38.8 Å². The van der Waals surface area contributed by atoms with Gasteiger partial charge in [0.15, 0.2) is 0 Å². The van der Waals surface area contributed by atoms with Crippen LogP contribution in [0.25, 0.3) is 10.9 Å². The maximum atomic E-state index is 12.4. The van der Waals surface area contributed by atoms with Gasteiger partial charge >= 0.3 is 18.2 Å². The highest BCUT2D eigenvalue weighted by atomic mass is 16.6. The largest absolute Gasteiger partial charge is 0.443 e. The highest BCUT2D eigenvalue weighted by Gasteiger charge is 2.33. The fourth-order valence-corrected chi connectivity index (χ4v) is 2.62. The van der Waals surface area contributed by atoms with Gasteiger partial charge < -0.3 is 14.8 Å².